The largest absolute Gasteiger partial charge is 0.394 e. The van der Waals surface area contributed by atoms with E-state index in [-0.39, 0.29) is 12.6 Å². The summed E-state index contributed by atoms with van der Waals surface area (Å²) < 4.78 is 0. The van der Waals surface area contributed by atoms with Gasteiger partial charge in [0.25, 0.3) is 0 Å². The van der Waals surface area contributed by atoms with Crippen LogP contribution in [0.5, 0.6) is 0 Å². The Morgan fingerprint density at radius 1 is 1.05 bits per heavy atom. The Morgan fingerprint density at radius 2 is 1.79 bits per heavy atom. The van der Waals surface area contributed by atoms with Crippen LogP contribution in [0.2, 0.25) is 0 Å². The summed E-state index contributed by atoms with van der Waals surface area (Å²) >= 11 is 0. The first-order chi connectivity index (χ1) is 9.38. The van der Waals surface area contributed by atoms with Gasteiger partial charge in [0, 0.05) is 6.04 Å². The lowest BCUT2D eigenvalue weighted by molar-refractivity contribution is 0.219. The highest BCUT2D eigenvalue weighted by Crippen LogP contribution is 2.43. The molecule has 0 aliphatic heterocycles. The van der Waals surface area contributed by atoms with Crippen molar-refractivity contribution in [3.05, 3.63) is 35.4 Å². The van der Waals surface area contributed by atoms with E-state index in [9.17, 15) is 5.11 Å². The highest BCUT2D eigenvalue weighted by molar-refractivity contribution is 5.35. The fourth-order valence-electron chi connectivity index (χ4n) is 3.39. The van der Waals surface area contributed by atoms with Crippen molar-refractivity contribution >= 4 is 0 Å². The van der Waals surface area contributed by atoms with Crippen molar-refractivity contribution < 1.29 is 5.11 Å². The number of rotatable bonds is 5. The van der Waals surface area contributed by atoms with Gasteiger partial charge in [-0.3, -0.25) is 0 Å². The van der Waals surface area contributed by atoms with Gasteiger partial charge in [-0.25, -0.2) is 0 Å². The molecule has 19 heavy (non-hydrogen) atoms. The Balaban J connectivity index is 1.73. The molecule has 1 unspecified atom stereocenters. The average molecular weight is 259 g/mol. The highest BCUT2D eigenvalue weighted by Gasteiger charge is 2.28. The molecule has 2 N–H and O–H groups in total. The van der Waals surface area contributed by atoms with Crippen molar-refractivity contribution in [3.63, 3.8) is 0 Å². The lowest BCUT2D eigenvalue weighted by atomic mass is 9.92. The Hall–Kier alpha value is -0.860. The van der Waals surface area contributed by atoms with Crippen LogP contribution in [-0.4, -0.2) is 17.8 Å². The van der Waals surface area contributed by atoms with Crippen molar-refractivity contribution in [2.45, 2.75) is 62.9 Å². The predicted molar refractivity (Wildman–Crippen MR) is 78.3 cm³/mol. The van der Waals surface area contributed by atoms with Crippen molar-refractivity contribution in [1.82, 2.24) is 5.32 Å². The first-order valence-corrected chi connectivity index (χ1v) is 7.84. The molecule has 0 radical (unpaired) electrons. The van der Waals surface area contributed by atoms with Gasteiger partial charge in [-0.2, -0.15) is 0 Å². The van der Waals surface area contributed by atoms with Crippen LogP contribution in [0.1, 0.15) is 68.0 Å². The number of hydrogen-bond acceptors (Lipinski definition) is 2. The van der Waals surface area contributed by atoms with Gasteiger partial charge in [0.15, 0.2) is 0 Å². The number of nitrogens with one attached hydrogen (secondary N) is 1. The zero-order valence-electron chi connectivity index (χ0n) is 11.6. The maximum atomic E-state index is 9.77. The van der Waals surface area contributed by atoms with Gasteiger partial charge in [-0.15, -0.1) is 0 Å². The molecule has 2 heteroatoms. The quantitative estimate of drug-likeness (QED) is 0.848. The van der Waals surface area contributed by atoms with Crippen LogP contribution < -0.4 is 5.32 Å². The normalized spacial score (nSPS) is 22.4. The Bertz CT molecular complexity index is 407. The highest BCUT2D eigenvalue weighted by atomic mass is 16.3. The fourth-order valence-corrected chi connectivity index (χ4v) is 3.39. The van der Waals surface area contributed by atoms with Crippen LogP contribution in [0.4, 0.5) is 0 Å². The maximum absolute atomic E-state index is 9.77. The van der Waals surface area contributed by atoms with Crippen molar-refractivity contribution in [3.8, 4) is 0 Å². The zero-order valence-corrected chi connectivity index (χ0v) is 11.6. The molecule has 1 aromatic rings. The molecule has 2 fully saturated rings. The standard InChI is InChI=1S/C17H25NO/c19-12-17(18-14-6-2-1-3-7-14)16-9-5-4-8-15(16)13-10-11-13/h4-5,8-9,13-14,17-19H,1-3,6-7,10-12H2. The molecule has 2 nitrogen and oxygen atoms in total. The van der Waals surface area contributed by atoms with Gasteiger partial charge in [0.1, 0.15) is 0 Å². The van der Waals surface area contributed by atoms with E-state index in [4.69, 9.17) is 0 Å². The van der Waals surface area contributed by atoms with Gasteiger partial charge >= 0.3 is 0 Å². The van der Waals surface area contributed by atoms with Crippen molar-refractivity contribution in [2.24, 2.45) is 0 Å². The lowest BCUT2D eigenvalue weighted by Crippen LogP contribution is -2.36. The molecule has 0 aromatic heterocycles. The molecule has 0 saturated heterocycles. The predicted octanol–water partition coefficient (Wildman–Crippen LogP) is 3.52. The minimum Gasteiger partial charge on any atom is -0.394 e. The van der Waals surface area contributed by atoms with E-state index in [0.29, 0.717) is 6.04 Å². The molecule has 1 atom stereocenters. The first kappa shape index (κ1) is 13.1. The molecule has 0 heterocycles. The average Bonchev–Trinajstić information content (AvgIpc) is 3.30. The van der Waals surface area contributed by atoms with Gasteiger partial charge in [-0.1, -0.05) is 43.5 Å². The second-order valence-electron chi connectivity index (χ2n) is 6.14. The molecule has 2 aliphatic carbocycles. The summed E-state index contributed by atoms with van der Waals surface area (Å²) in [5.74, 6) is 0.749. The second-order valence-corrected chi connectivity index (χ2v) is 6.14. The molecule has 2 saturated carbocycles. The summed E-state index contributed by atoms with van der Waals surface area (Å²) in [5.41, 5.74) is 2.79. The fraction of sp³-hybridized carbons (Fsp3) is 0.647. The Morgan fingerprint density at radius 3 is 2.47 bits per heavy atom. The Labute approximate surface area is 116 Å². The summed E-state index contributed by atoms with van der Waals surface area (Å²) in [5, 5.41) is 13.5. The molecule has 0 spiro atoms. The zero-order chi connectivity index (χ0) is 13.1. The summed E-state index contributed by atoms with van der Waals surface area (Å²) in [6.07, 6.45) is 9.21. The van der Waals surface area contributed by atoms with Crippen LogP contribution in [0.3, 0.4) is 0 Å². The molecule has 3 rings (SSSR count). The third-order valence-electron chi connectivity index (χ3n) is 4.61. The van der Waals surface area contributed by atoms with E-state index in [0.717, 1.165) is 5.92 Å². The summed E-state index contributed by atoms with van der Waals surface area (Å²) in [6.45, 7) is 0.209. The molecule has 2 aliphatic rings. The minimum atomic E-state index is 0.125. The van der Waals surface area contributed by atoms with E-state index < -0.39 is 0 Å². The second kappa shape index (κ2) is 6.06. The third kappa shape index (κ3) is 3.18. The van der Waals surface area contributed by atoms with Gasteiger partial charge in [0.05, 0.1) is 12.6 Å². The monoisotopic (exact) mass is 259 g/mol. The molecule has 1 aromatic carbocycles. The number of benzene rings is 1. The smallest absolute Gasteiger partial charge is 0.0626 e. The summed E-state index contributed by atoms with van der Waals surface area (Å²) in [6, 6.07) is 9.40. The van der Waals surface area contributed by atoms with Crippen LogP contribution in [0.25, 0.3) is 0 Å². The van der Waals surface area contributed by atoms with Crippen LogP contribution in [-0.2, 0) is 0 Å². The van der Waals surface area contributed by atoms with E-state index in [1.54, 1.807) is 0 Å². The molecular formula is C17H25NO. The number of aliphatic hydroxyl groups is 1. The lowest BCUT2D eigenvalue weighted by Gasteiger charge is -2.29. The van der Waals surface area contributed by atoms with Crippen LogP contribution >= 0.6 is 0 Å². The van der Waals surface area contributed by atoms with E-state index >= 15 is 0 Å². The molecule has 0 amide bonds. The topological polar surface area (TPSA) is 32.3 Å². The minimum absolute atomic E-state index is 0.125. The van der Waals surface area contributed by atoms with Crippen molar-refractivity contribution in [1.29, 1.82) is 0 Å². The number of hydrogen-bond donors (Lipinski definition) is 2. The van der Waals surface area contributed by atoms with Gasteiger partial charge < -0.3 is 10.4 Å². The summed E-state index contributed by atoms with van der Waals surface area (Å²) in [7, 11) is 0. The van der Waals surface area contributed by atoms with E-state index in [2.05, 4.69) is 29.6 Å². The van der Waals surface area contributed by atoms with Crippen LogP contribution in [0.15, 0.2) is 24.3 Å². The number of aliphatic hydroxyl groups excluding tert-OH is 1. The van der Waals surface area contributed by atoms with Crippen molar-refractivity contribution in [2.75, 3.05) is 6.61 Å². The summed E-state index contributed by atoms with van der Waals surface area (Å²) in [4.78, 5) is 0. The van der Waals surface area contributed by atoms with E-state index in [1.807, 2.05) is 0 Å². The molecular weight excluding hydrogens is 234 g/mol. The van der Waals surface area contributed by atoms with Gasteiger partial charge in [0.2, 0.25) is 0 Å². The molecule has 0 bridgehead atoms. The Kier molecular flexibility index (Phi) is 4.19. The maximum Gasteiger partial charge on any atom is 0.0626 e. The molecule has 104 valence electrons. The van der Waals surface area contributed by atoms with E-state index in [1.165, 1.54) is 56.1 Å². The first-order valence-electron chi connectivity index (χ1n) is 7.84. The third-order valence-corrected chi connectivity index (χ3v) is 4.61. The SMILES string of the molecule is OCC(NC1CCCCC1)c1ccccc1C1CC1. The van der Waals surface area contributed by atoms with Crippen LogP contribution in [0, 0.1) is 0 Å². The van der Waals surface area contributed by atoms with Gasteiger partial charge in [-0.05, 0) is 42.7 Å².